The summed E-state index contributed by atoms with van der Waals surface area (Å²) >= 11 is 0. The van der Waals surface area contributed by atoms with Gasteiger partial charge in [0.2, 0.25) is 0 Å². The third-order valence-corrected chi connectivity index (χ3v) is 4.67. The number of carbonyl (C=O) groups is 1. The molecule has 1 saturated carbocycles. The molecule has 1 aromatic carbocycles. The van der Waals surface area contributed by atoms with Crippen molar-refractivity contribution in [2.24, 2.45) is 5.92 Å². The summed E-state index contributed by atoms with van der Waals surface area (Å²) in [5.74, 6) is 0.636. The van der Waals surface area contributed by atoms with E-state index in [1.54, 1.807) is 0 Å². The van der Waals surface area contributed by atoms with Gasteiger partial charge < -0.3 is 4.79 Å². The lowest BCUT2D eigenvalue weighted by molar-refractivity contribution is -0.113. The molecule has 0 aliphatic heterocycles. The lowest BCUT2D eigenvalue weighted by Gasteiger charge is -2.37. The van der Waals surface area contributed by atoms with Gasteiger partial charge in [0.05, 0.1) is 5.41 Å². The molecule has 0 spiro atoms. The van der Waals surface area contributed by atoms with E-state index >= 15 is 0 Å². The highest BCUT2D eigenvalue weighted by atomic mass is 16.1. The molecule has 0 radical (unpaired) electrons. The van der Waals surface area contributed by atoms with Gasteiger partial charge in [-0.05, 0) is 31.2 Å². The lowest BCUT2D eigenvalue weighted by Crippen LogP contribution is -2.46. The Morgan fingerprint density at radius 3 is 2.38 bits per heavy atom. The molecule has 1 unspecified atom stereocenters. The van der Waals surface area contributed by atoms with Crippen molar-refractivity contribution in [3.05, 3.63) is 35.9 Å². The van der Waals surface area contributed by atoms with E-state index < -0.39 is 5.41 Å². The van der Waals surface area contributed by atoms with Crippen LogP contribution in [0.5, 0.6) is 0 Å². The average Bonchev–Trinajstić information content (AvgIpc) is 3.01. The van der Waals surface area contributed by atoms with E-state index in [0.717, 1.165) is 24.9 Å². The van der Waals surface area contributed by atoms with Crippen molar-refractivity contribution < 1.29 is 4.79 Å². The minimum absolute atomic E-state index is 0.404. The van der Waals surface area contributed by atoms with Crippen LogP contribution in [0.15, 0.2) is 30.3 Å². The third kappa shape index (κ3) is 4.16. The fraction of sp³-hybridized carbons (Fsp3) is 0.632. The molecule has 2 rings (SSSR count). The van der Waals surface area contributed by atoms with Crippen LogP contribution in [0.3, 0.4) is 0 Å². The van der Waals surface area contributed by atoms with Gasteiger partial charge in [-0.25, -0.2) is 0 Å². The summed E-state index contributed by atoms with van der Waals surface area (Å²) in [5, 5.41) is 0. The van der Waals surface area contributed by atoms with E-state index in [1.165, 1.54) is 25.7 Å². The number of nitrogens with zero attached hydrogens (tertiary/aromatic N) is 1. The van der Waals surface area contributed by atoms with E-state index in [0.29, 0.717) is 12.0 Å². The standard InChI is InChI=1S/C19H29NO/c1-16(2)13-20(18-11-7-8-12-18)14-19(3,15-21)17-9-5-4-6-10-17/h4-6,9-10,15-16,18H,7-8,11-14H2,1-3H3. The first-order valence-electron chi connectivity index (χ1n) is 8.31. The van der Waals surface area contributed by atoms with Gasteiger partial charge in [0.25, 0.3) is 0 Å². The highest BCUT2D eigenvalue weighted by molar-refractivity contribution is 5.68. The van der Waals surface area contributed by atoms with E-state index in [2.05, 4.69) is 37.8 Å². The van der Waals surface area contributed by atoms with Gasteiger partial charge in [-0.15, -0.1) is 0 Å². The molecule has 116 valence electrons. The minimum Gasteiger partial charge on any atom is -0.302 e. The molecule has 1 aliphatic rings. The number of hydrogen-bond acceptors (Lipinski definition) is 2. The summed E-state index contributed by atoms with van der Waals surface area (Å²) in [5.41, 5.74) is 0.727. The molecule has 0 heterocycles. The van der Waals surface area contributed by atoms with Gasteiger partial charge in [-0.1, -0.05) is 57.0 Å². The van der Waals surface area contributed by atoms with Crippen LogP contribution in [0.4, 0.5) is 0 Å². The molecule has 2 nitrogen and oxygen atoms in total. The van der Waals surface area contributed by atoms with Crippen molar-refractivity contribution in [1.29, 1.82) is 0 Å². The number of benzene rings is 1. The molecular weight excluding hydrogens is 258 g/mol. The average molecular weight is 287 g/mol. The SMILES string of the molecule is CC(C)CN(CC(C)(C=O)c1ccccc1)C1CCCC1. The van der Waals surface area contributed by atoms with E-state index in [4.69, 9.17) is 0 Å². The van der Waals surface area contributed by atoms with E-state index in [1.807, 2.05) is 18.2 Å². The first-order chi connectivity index (χ1) is 10.0. The second kappa shape index (κ2) is 7.22. The molecule has 2 heteroatoms. The minimum atomic E-state index is -0.404. The summed E-state index contributed by atoms with van der Waals surface area (Å²) in [6.45, 7) is 8.54. The van der Waals surface area contributed by atoms with Gasteiger partial charge in [0, 0.05) is 19.1 Å². The Balaban J connectivity index is 2.17. The number of aldehydes is 1. The Labute approximate surface area is 129 Å². The highest BCUT2D eigenvalue weighted by Gasteiger charge is 2.33. The van der Waals surface area contributed by atoms with Crippen LogP contribution in [0.25, 0.3) is 0 Å². The Morgan fingerprint density at radius 1 is 1.24 bits per heavy atom. The van der Waals surface area contributed by atoms with Crippen molar-refractivity contribution in [1.82, 2.24) is 4.90 Å². The topological polar surface area (TPSA) is 20.3 Å². The number of hydrogen-bond donors (Lipinski definition) is 0. The molecular formula is C19H29NO. The maximum atomic E-state index is 11.8. The van der Waals surface area contributed by atoms with Crippen LogP contribution >= 0.6 is 0 Å². The number of carbonyl (C=O) groups excluding carboxylic acids is 1. The van der Waals surface area contributed by atoms with Crippen molar-refractivity contribution >= 4 is 6.29 Å². The quantitative estimate of drug-likeness (QED) is 0.705. The van der Waals surface area contributed by atoms with Gasteiger partial charge in [0.1, 0.15) is 6.29 Å². The Kier molecular flexibility index (Phi) is 5.58. The fourth-order valence-corrected chi connectivity index (χ4v) is 3.52. The largest absolute Gasteiger partial charge is 0.302 e. The van der Waals surface area contributed by atoms with Crippen LogP contribution < -0.4 is 0 Å². The summed E-state index contributed by atoms with van der Waals surface area (Å²) in [4.78, 5) is 14.4. The molecule has 0 aromatic heterocycles. The van der Waals surface area contributed by atoms with Crippen LogP contribution in [-0.4, -0.2) is 30.3 Å². The predicted molar refractivity (Wildman–Crippen MR) is 88.5 cm³/mol. The van der Waals surface area contributed by atoms with Gasteiger partial charge >= 0.3 is 0 Å². The van der Waals surface area contributed by atoms with Crippen LogP contribution in [0.2, 0.25) is 0 Å². The normalized spacial score (nSPS) is 19.1. The van der Waals surface area contributed by atoms with Crippen LogP contribution in [0.1, 0.15) is 52.0 Å². The predicted octanol–water partition coefficient (Wildman–Crippen LogP) is 4.04. The van der Waals surface area contributed by atoms with E-state index in [-0.39, 0.29) is 0 Å². The highest BCUT2D eigenvalue weighted by Crippen LogP contribution is 2.29. The monoisotopic (exact) mass is 287 g/mol. The molecule has 1 aliphatic carbocycles. The van der Waals surface area contributed by atoms with Crippen molar-refractivity contribution in [2.45, 2.75) is 57.9 Å². The van der Waals surface area contributed by atoms with Crippen molar-refractivity contribution in [3.63, 3.8) is 0 Å². The second-order valence-corrected chi connectivity index (χ2v) is 7.16. The molecule has 0 amide bonds. The smallest absolute Gasteiger partial charge is 0.131 e. The molecule has 21 heavy (non-hydrogen) atoms. The number of rotatable bonds is 7. The second-order valence-electron chi connectivity index (χ2n) is 7.16. The van der Waals surface area contributed by atoms with Crippen molar-refractivity contribution in [3.8, 4) is 0 Å². The zero-order chi connectivity index (χ0) is 15.3. The molecule has 0 saturated heterocycles. The van der Waals surface area contributed by atoms with Gasteiger partial charge in [-0.3, -0.25) is 4.90 Å². The Morgan fingerprint density at radius 2 is 1.86 bits per heavy atom. The summed E-state index contributed by atoms with van der Waals surface area (Å²) < 4.78 is 0. The first kappa shape index (κ1) is 16.2. The molecule has 1 atom stereocenters. The lowest BCUT2D eigenvalue weighted by atomic mass is 9.83. The Bertz CT molecular complexity index is 436. The zero-order valence-corrected chi connectivity index (χ0v) is 13.7. The van der Waals surface area contributed by atoms with Crippen molar-refractivity contribution in [2.75, 3.05) is 13.1 Å². The summed E-state index contributed by atoms with van der Waals surface area (Å²) in [6, 6.07) is 10.9. The van der Waals surface area contributed by atoms with E-state index in [9.17, 15) is 4.79 Å². The van der Waals surface area contributed by atoms with Crippen LogP contribution in [-0.2, 0) is 10.2 Å². The summed E-state index contributed by atoms with van der Waals surface area (Å²) in [6.07, 6.45) is 6.39. The molecule has 0 bridgehead atoms. The fourth-order valence-electron chi connectivity index (χ4n) is 3.52. The molecule has 1 fully saturated rings. The maximum absolute atomic E-state index is 11.8. The van der Waals surface area contributed by atoms with Gasteiger partial charge in [-0.2, -0.15) is 0 Å². The third-order valence-electron chi connectivity index (χ3n) is 4.67. The summed E-state index contributed by atoms with van der Waals surface area (Å²) in [7, 11) is 0. The van der Waals surface area contributed by atoms with Crippen LogP contribution in [0, 0.1) is 5.92 Å². The molecule has 1 aromatic rings. The van der Waals surface area contributed by atoms with Gasteiger partial charge in [0.15, 0.2) is 0 Å². The first-order valence-corrected chi connectivity index (χ1v) is 8.31. The molecule has 0 N–H and O–H groups in total. The maximum Gasteiger partial charge on any atom is 0.131 e. The Hall–Kier alpha value is -1.15. The zero-order valence-electron chi connectivity index (χ0n) is 13.7.